The number of aryl methyl sites for hydroxylation is 2. The van der Waals surface area contributed by atoms with Crippen LogP contribution in [0.3, 0.4) is 0 Å². The van der Waals surface area contributed by atoms with Gasteiger partial charge in [0.25, 0.3) is 0 Å². The van der Waals surface area contributed by atoms with E-state index >= 15 is 0 Å². The molecule has 24 heavy (non-hydrogen) atoms. The first-order chi connectivity index (χ1) is 11.9. The van der Waals surface area contributed by atoms with Crippen LogP contribution in [0.1, 0.15) is 11.6 Å². The number of hydrogen-bond donors (Lipinski definition) is 0. The quantitative estimate of drug-likeness (QED) is 0.571. The van der Waals surface area contributed by atoms with E-state index in [1.165, 1.54) is 9.79 Å². The van der Waals surface area contributed by atoms with Crippen molar-refractivity contribution in [3.8, 4) is 0 Å². The normalized spacial score (nSPS) is 10.7. The molecule has 0 saturated carbocycles. The Morgan fingerprint density at radius 1 is 0.542 bits per heavy atom. The van der Waals surface area contributed by atoms with Gasteiger partial charge in [-0.2, -0.15) is 0 Å². The second kappa shape index (κ2) is 9.39. The van der Waals surface area contributed by atoms with Crippen molar-refractivity contribution in [3.63, 3.8) is 0 Å². The average Bonchev–Trinajstić information content (AvgIpc) is 2.65. The number of hydrogen-bond acceptors (Lipinski definition) is 6. The number of nitrogens with zero attached hydrogens (tertiary/aromatic N) is 4. The minimum absolute atomic E-state index is 0.706. The van der Waals surface area contributed by atoms with Crippen LogP contribution < -0.4 is 0 Å². The molecule has 0 bridgehead atoms. The van der Waals surface area contributed by atoms with E-state index < -0.39 is 0 Å². The zero-order valence-corrected chi connectivity index (χ0v) is 14.8. The fraction of sp³-hybridized carbons (Fsp3) is 0.222. The van der Waals surface area contributed by atoms with Crippen molar-refractivity contribution in [1.29, 1.82) is 0 Å². The summed E-state index contributed by atoms with van der Waals surface area (Å²) in [5.74, 6) is 3.27. The van der Waals surface area contributed by atoms with Crippen LogP contribution in [-0.2, 0) is 12.8 Å². The maximum Gasteiger partial charge on any atom is 0.174 e. The van der Waals surface area contributed by atoms with Gasteiger partial charge in [0.15, 0.2) is 11.6 Å². The van der Waals surface area contributed by atoms with Crippen molar-refractivity contribution >= 4 is 23.5 Å². The third-order valence-electron chi connectivity index (χ3n) is 3.24. The highest BCUT2D eigenvalue weighted by atomic mass is 32.2. The number of rotatable bonds is 8. The van der Waals surface area contributed by atoms with E-state index in [1.54, 1.807) is 23.5 Å². The average molecular weight is 355 g/mol. The highest BCUT2D eigenvalue weighted by Crippen LogP contribution is 2.18. The second-order valence-electron chi connectivity index (χ2n) is 5.06. The smallest absolute Gasteiger partial charge is 0.131 e. The molecule has 0 unspecified atom stereocenters. The molecule has 1 aromatic heterocycles. The summed E-state index contributed by atoms with van der Waals surface area (Å²) in [5.41, 5.74) is 0. The molecule has 0 N–H and O–H groups in total. The molecule has 0 fully saturated rings. The van der Waals surface area contributed by atoms with Crippen LogP contribution >= 0.6 is 23.5 Å². The molecule has 2 aromatic carbocycles. The molecule has 0 amide bonds. The summed E-state index contributed by atoms with van der Waals surface area (Å²) in [6.45, 7) is 0. The summed E-state index contributed by atoms with van der Waals surface area (Å²) >= 11 is 3.58. The Bertz CT molecular complexity index is 657. The van der Waals surface area contributed by atoms with Crippen LogP contribution in [0, 0.1) is 0 Å². The van der Waals surface area contributed by atoms with Crippen LogP contribution in [0.4, 0.5) is 0 Å². The largest absolute Gasteiger partial charge is 0.174 e. The maximum absolute atomic E-state index is 4.19. The molecule has 122 valence electrons. The van der Waals surface area contributed by atoms with Gasteiger partial charge in [-0.1, -0.05) is 36.4 Å². The van der Waals surface area contributed by atoms with Gasteiger partial charge >= 0.3 is 0 Å². The van der Waals surface area contributed by atoms with Crippen LogP contribution in [0.2, 0.25) is 0 Å². The first-order valence-corrected chi connectivity index (χ1v) is 9.78. The molecule has 0 radical (unpaired) electrons. The Labute approximate surface area is 150 Å². The van der Waals surface area contributed by atoms with Crippen molar-refractivity contribution in [2.75, 3.05) is 11.5 Å². The first-order valence-electron chi connectivity index (χ1n) is 7.81. The van der Waals surface area contributed by atoms with Crippen molar-refractivity contribution in [2.24, 2.45) is 0 Å². The topological polar surface area (TPSA) is 51.6 Å². The lowest BCUT2D eigenvalue weighted by molar-refractivity contribution is 0.716. The van der Waals surface area contributed by atoms with Gasteiger partial charge in [0.2, 0.25) is 0 Å². The molecule has 0 aliphatic heterocycles. The van der Waals surface area contributed by atoms with E-state index in [9.17, 15) is 0 Å². The van der Waals surface area contributed by atoms with E-state index in [0.717, 1.165) is 24.3 Å². The SMILES string of the molecule is c1ccc(SCCc2nnc(CCSc3ccccc3)nn2)cc1. The summed E-state index contributed by atoms with van der Waals surface area (Å²) in [6.07, 6.45) is 1.55. The van der Waals surface area contributed by atoms with E-state index in [2.05, 4.69) is 44.7 Å². The highest BCUT2D eigenvalue weighted by molar-refractivity contribution is 7.99. The molecule has 0 aliphatic rings. The predicted octanol–water partition coefficient (Wildman–Crippen LogP) is 3.94. The number of aromatic nitrogens is 4. The Balaban J connectivity index is 1.40. The predicted molar refractivity (Wildman–Crippen MR) is 99.4 cm³/mol. The molecule has 3 aromatic rings. The van der Waals surface area contributed by atoms with Crippen LogP contribution in [-0.4, -0.2) is 31.9 Å². The van der Waals surface area contributed by atoms with Crippen LogP contribution in [0.15, 0.2) is 70.5 Å². The third-order valence-corrected chi connectivity index (χ3v) is 5.26. The Kier molecular flexibility index (Phi) is 6.62. The summed E-state index contributed by atoms with van der Waals surface area (Å²) in [4.78, 5) is 2.51. The minimum Gasteiger partial charge on any atom is -0.131 e. The molecule has 3 rings (SSSR count). The van der Waals surface area contributed by atoms with Gasteiger partial charge < -0.3 is 0 Å². The summed E-state index contributed by atoms with van der Waals surface area (Å²) < 4.78 is 0. The summed E-state index contributed by atoms with van der Waals surface area (Å²) in [5, 5.41) is 16.8. The van der Waals surface area contributed by atoms with Crippen molar-refractivity contribution in [3.05, 3.63) is 72.3 Å². The van der Waals surface area contributed by atoms with Crippen molar-refractivity contribution in [1.82, 2.24) is 20.4 Å². The molecular weight excluding hydrogens is 336 g/mol. The number of benzene rings is 2. The molecule has 4 nitrogen and oxygen atoms in total. The summed E-state index contributed by atoms with van der Waals surface area (Å²) in [7, 11) is 0. The Hall–Kier alpha value is -1.92. The monoisotopic (exact) mass is 354 g/mol. The van der Waals surface area contributed by atoms with Gasteiger partial charge in [-0.05, 0) is 24.3 Å². The lowest BCUT2D eigenvalue weighted by Gasteiger charge is -2.02. The fourth-order valence-electron chi connectivity index (χ4n) is 2.02. The van der Waals surface area contributed by atoms with E-state index in [4.69, 9.17) is 0 Å². The summed E-state index contributed by atoms with van der Waals surface area (Å²) in [6, 6.07) is 20.7. The van der Waals surface area contributed by atoms with Gasteiger partial charge in [0, 0.05) is 34.1 Å². The molecule has 0 aliphatic carbocycles. The number of thioether (sulfide) groups is 2. The molecule has 0 spiro atoms. The molecule has 0 atom stereocenters. The minimum atomic E-state index is 0.706. The fourth-order valence-corrected chi connectivity index (χ4v) is 3.76. The molecule has 1 heterocycles. The first kappa shape index (κ1) is 16.9. The zero-order chi connectivity index (χ0) is 16.5. The molecule has 0 saturated heterocycles. The van der Waals surface area contributed by atoms with E-state index in [1.807, 2.05) is 36.4 Å². The lowest BCUT2D eigenvalue weighted by Crippen LogP contribution is -2.07. The van der Waals surface area contributed by atoms with Crippen LogP contribution in [0.5, 0.6) is 0 Å². The highest BCUT2D eigenvalue weighted by Gasteiger charge is 2.03. The van der Waals surface area contributed by atoms with Gasteiger partial charge in [-0.25, -0.2) is 0 Å². The van der Waals surface area contributed by atoms with E-state index in [0.29, 0.717) is 11.6 Å². The van der Waals surface area contributed by atoms with Crippen LogP contribution in [0.25, 0.3) is 0 Å². The van der Waals surface area contributed by atoms with Crippen molar-refractivity contribution < 1.29 is 0 Å². The van der Waals surface area contributed by atoms with Gasteiger partial charge in [-0.3, -0.25) is 0 Å². The zero-order valence-electron chi connectivity index (χ0n) is 13.2. The van der Waals surface area contributed by atoms with Gasteiger partial charge in [-0.15, -0.1) is 43.9 Å². The second-order valence-corrected chi connectivity index (χ2v) is 7.39. The molecular formula is C18H18N4S2. The third kappa shape index (κ3) is 5.62. The Morgan fingerprint density at radius 2 is 0.917 bits per heavy atom. The van der Waals surface area contributed by atoms with Gasteiger partial charge in [0.05, 0.1) is 0 Å². The lowest BCUT2D eigenvalue weighted by atomic mass is 10.4. The standard InChI is InChI=1S/C18H18N4S2/c1-3-7-15(8-4-1)23-13-11-17-19-21-18(22-20-17)12-14-24-16-9-5-2-6-10-16/h1-10H,11-14H2. The van der Waals surface area contributed by atoms with Crippen molar-refractivity contribution in [2.45, 2.75) is 22.6 Å². The van der Waals surface area contributed by atoms with E-state index in [-0.39, 0.29) is 0 Å². The molecule has 6 heteroatoms. The maximum atomic E-state index is 4.19. The Morgan fingerprint density at radius 3 is 1.29 bits per heavy atom. The van der Waals surface area contributed by atoms with Gasteiger partial charge in [0.1, 0.15) is 0 Å².